The molecule has 23 heavy (non-hydrogen) atoms. The van der Waals surface area contributed by atoms with E-state index in [1.165, 1.54) is 0 Å². The molecule has 2 aromatic rings. The van der Waals surface area contributed by atoms with Gasteiger partial charge in [-0.2, -0.15) is 4.98 Å². The van der Waals surface area contributed by atoms with E-state index in [0.717, 1.165) is 5.56 Å². The predicted molar refractivity (Wildman–Crippen MR) is 87.3 cm³/mol. The molecule has 1 saturated heterocycles. The number of ether oxygens (including phenoxy) is 1. The number of nitrogens with two attached hydrogens (primary N) is 1. The van der Waals surface area contributed by atoms with E-state index >= 15 is 0 Å². The minimum absolute atomic E-state index is 0. The van der Waals surface area contributed by atoms with Crippen LogP contribution in [-0.4, -0.2) is 34.8 Å². The third kappa shape index (κ3) is 3.87. The summed E-state index contributed by atoms with van der Waals surface area (Å²) in [7, 11) is 0. The molecule has 1 aliphatic heterocycles. The van der Waals surface area contributed by atoms with Crippen molar-refractivity contribution in [2.75, 3.05) is 18.5 Å². The summed E-state index contributed by atoms with van der Waals surface area (Å²) in [6, 6.07) is 7.28. The maximum atomic E-state index is 12.4. The van der Waals surface area contributed by atoms with Crippen LogP contribution in [0.5, 0.6) is 0 Å². The van der Waals surface area contributed by atoms with Gasteiger partial charge in [0.25, 0.3) is 0 Å². The van der Waals surface area contributed by atoms with Gasteiger partial charge in [-0.1, -0.05) is 17.3 Å². The van der Waals surface area contributed by atoms with Crippen molar-refractivity contribution in [1.29, 1.82) is 0 Å². The molecule has 0 saturated carbocycles. The number of benzene rings is 1. The van der Waals surface area contributed by atoms with Crippen LogP contribution in [0.25, 0.3) is 11.4 Å². The smallest absolute Gasteiger partial charge is 0.244 e. The maximum absolute atomic E-state index is 12.4. The molecule has 0 spiro atoms. The number of rotatable bonds is 3. The van der Waals surface area contributed by atoms with Gasteiger partial charge in [-0.3, -0.25) is 4.79 Å². The number of nitrogens with one attached hydrogen (secondary N) is 1. The first-order valence-corrected chi connectivity index (χ1v) is 7.16. The monoisotopic (exact) mass is 338 g/mol. The van der Waals surface area contributed by atoms with Crippen LogP contribution >= 0.6 is 12.4 Å². The van der Waals surface area contributed by atoms with Gasteiger partial charge in [-0.05, 0) is 25.0 Å². The summed E-state index contributed by atoms with van der Waals surface area (Å²) in [6.45, 7) is 2.74. The summed E-state index contributed by atoms with van der Waals surface area (Å²) >= 11 is 0. The molecular formula is C15H19ClN4O3. The number of halogens is 1. The van der Waals surface area contributed by atoms with E-state index in [4.69, 9.17) is 15.0 Å². The van der Waals surface area contributed by atoms with Crippen LogP contribution in [0.1, 0.15) is 18.7 Å². The van der Waals surface area contributed by atoms with Gasteiger partial charge in [-0.15, -0.1) is 12.4 Å². The van der Waals surface area contributed by atoms with Crippen LogP contribution in [0.4, 0.5) is 5.69 Å². The molecule has 3 rings (SSSR count). The van der Waals surface area contributed by atoms with Crippen molar-refractivity contribution in [3.63, 3.8) is 0 Å². The molecule has 7 nitrogen and oxygen atoms in total. The third-order valence-electron chi connectivity index (χ3n) is 3.74. The second-order valence-electron chi connectivity index (χ2n) is 5.44. The van der Waals surface area contributed by atoms with E-state index < -0.39 is 5.54 Å². The summed E-state index contributed by atoms with van der Waals surface area (Å²) in [6.07, 6.45) is 1.03. The average molecular weight is 339 g/mol. The zero-order valence-corrected chi connectivity index (χ0v) is 13.6. The minimum Gasteiger partial charge on any atom is -0.381 e. The zero-order valence-electron chi connectivity index (χ0n) is 12.7. The van der Waals surface area contributed by atoms with Crippen LogP contribution in [0.15, 0.2) is 28.8 Å². The lowest BCUT2D eigenvalue weighted by Crippen LogP contribution is -2.54. The zero-order chi connectivity index (χ0) is 15.6. The van der Waals surface area contributed by atoms with Crippen molar-refractivity contribution in [1.82, 2.24) is 10.1 Å². The number of carbonyl (C=O) groups excluding carboxylic acids is 1. The number of hydrogen-bond donors (Lipinski definition) is 2. The van der Waals surface area contributed by atoms with E-state index in [1.807, 2.05) is 12.1 Å². The molecule has 1 amide bonds. The van der Waals surface area contributed by atoms with Gasteiger partial charge in [0.2, 0.25) is 17.6 Å². The highest BCUT2D eigenvalue weighted by Gasteiger charge is 2.35. The number of hydrogen-bond acceptors (Lipinski definition) is 6. The van der Waals surface area contributed by atoms with Gasteiger partial charge in [0, 0.05) is 31.4 Å². The van der Waals surface area contributed by atoms with Crippen molar-refractivity contribution in [2.24, 2.45) is 5.73 Å². The first-order chi connectivity index (χ1) is 10.6. The van der Waals surface area contributed by atoms with Crippen molar-refractivity contribution < 1.29 is 14.1 Å². The molecule has 0 aliphatic carbocycles. The molecule has 0 radical (unpaired) electrons. The SMILES string of the molecule is Cc1nc(-c2cccc(NC(=O)C3(N)CCOCC3)c2)no1.Cl. The summed E-state index contributed by atoms with van der Waals surface area (Å²) in [5, 5.41) is 6.73. The Labute approximate surface area is 140 Å². The molecular weight excluding hydrogens is 320 g/mol. The van der Waals surface area contributed by atoms with Crippen LogP contribution in [0, 0.1) is 6.92 Å². The Bertz CT molecular complexity index is 683. The fraction of sp³-hybridized carbons (Fsp3) is 0.400. The molecule has 1 aromatic carbocycles. The van der Waals surface area contributed by atoms with E-state index in [1.54, 1.807) is 19.1 Å². The number of carbonyl (C=O) groups is 1. The van der Waals surface area contributed by atoms with Crippen molar-refractivity contribution >= 4 is 24.0 Å². The Morgan fingerprint density at radius 3 is 2.74 bits per heavy atom. The van der Waals surface area contributed by atoms with E-state index in [-0.39, 0.29) is 18.3 Å². The Kier molecular flexibility index (Phi) is 5.35. The Balaban J connectivity index is 0.00000192. The Morgan fingerprint density at radius 2 is 2.09 bits per heavy atom. The average Bonchev–Trinajstić information content (AvgIpc) is 2.95. The van der Waals surface area contributed by atoms with Gasteiger partial charge in [0.15, 0.2) is 0 Å². The van der Waals surface area contributed by atoms with Crippen molar-refractivity contribution in [2.45, 2.75) is 25.3 Å². The molecule has 0 atom stereocenters. The molecule has 124 valence electrons. The van der Waals surface area contributed by atoms with Crippen LogP contribution in [0.3, 0.4) is 0 Å². The van der Waals surface area contributed by atoms with Crippen LogP contribution in [-0.2, 0) is 9.53 Å². The van der Waals surface area contributed by atoms with E-state index in [9.17, 15) is 4.79 Å². The van der Waals surface area contributed by atoms with Crippen molar-refractivity contribution in [3.8, 4) is 11.4 Å². The lowest BCUT2D eigenvalue weighted by atomic mass is 9.90. The molecule has 0 bridgehead atoms. The second kappa shape index (κ2) is 7.08. The summed E-state index contributed by atoms with van der Waals surface area (Å²) in [4.78, 5) is 16.6. The van der Waals surface area contributed by atoms with Crippen LogP contribution < -0.4 is 11.1 Å². The van der Waals surface area contributed by atoms with Gasteiger partial charge >= 0.3 is 0 Å². The highest BCUT2D eigenvalue weighted by molar-refractivity contribution is 5.98. The summed E-state index contributed by atoms with van der Waals surface area (Å²) < 4.78 is 10.2. The van der Waals surface area contributed by atoms with E-state index in [0.29, 0.717) is 43.5 Å². The quantitative estimate of drug-likeness (QED) is 0.886. The fourth-order valence-corrected chi connectivity index (χ4v) is 2.37. The fourth-order valence-electron chi connectivity index (χ4n) is 2.37. The number of aryl methyl sites for hydroxylation is 1. The van der Waals surface area contributed by atoms with Gasteiger partial charge < -0.3 is 20.3 Å². The molecule has 8 heteroatoms. The molecule has 0 unspecified atom stereocenters. The van der Waals surface area contributed by atoms with Crippen molar-refractivity contribution in [3.05, 3.63) is 30.2 Å². The standard InChI is InChI=1S/C15H18N4O3.ClH/c1-10-17-13(19-22-10)11-3-2-4-12(9-11)18-14(20)15(16)5-7-21-8-6-15;/h2-4,9H,5-8,16H2,1H3,(H,18,20);1H. The minimum atomic E-state index is -0.878. The predicted octanol–water partition coefficient (Wildman–Crippen LogP) is 1.91. The first kappa shape index (κ1) is 17.4. The van der Waals surface area contributed by atoms with Gasteiger partial charge in [-0.25, -0.2) is 0 Å². The molecule has 1 aliphatic rings. The largest absolute Gasteiger partial charge is 0.381 e. The Morgan fingerprint density at radius 1 is 1.35 bits per heavy atom. The van der Waals surface area contributed by atoms with Gasteiger partial charge in [0.1, 0.15) is 5.54 Å². The maximum Gasteiger partial charge on any atom is 0.244 e. The third-order valence-corrected chi connectivity index (χ3v) is 3.74. The number of aromatic nitrogens is 2. The Hall–Kier alpha value is -1.96. The highest BCUT2D eigenvalue weighted by atomic mass is 35.5. The first-order valence-electron chi connectivity index (χ1n) is 7.16. The number of anilines is 1. The second-order valence-corrected chi connectivity index (χ2v) is 5.44. The number of nitrogens with zero attached hydrogens (tertiary/aromatic N) is 2. The lowest BCUT2D eigenvalue weighted by molar-refractivity contribution is -0.124. The normalized spacial score (nSPS) is 16.4. The van der Waals surface area contributed by atoms with E-state index in [2.05, 4.69) is 15.5 Å². The summed E-state index contributed by atoms with van der Waals surface area (Å²) in [5.41, 5.74) is 6.72. The highest BCUT2D eigenvalue weighted by Crippen LogP contribution is 2.23. The molecule has 1 fully saturated rings. The van der Waals surface area contributed by atoms with Crippen LogP contribution in [0.2, 0.25) is 0 Å². The lowest BCUT2D eigenvalue weighted by Gasteiger charge is -2.31. The number of amides is 1. The van der Waals surface area contributed by atoms with Gasteiger partial charge in [0.05, 0.1) is 0 Å². The molecule has 3 N–H and O–H groups in total. The summed E-state index contributed by atoms with van der Waals surface area (Å²) in [5.74, 6) is 0.784. The molecule has 1 aromatic heterocycles. The molecule has 2 heterocycles. The topological polar surface area (TPSA) is 103 Å².